The van der Waals surface area contributed by atoms with E-state index in [4.69, 9.17) is 14.2 Å². The van der Waals surface area contributed by atoms with Crippen LogP contribution in [0.4, 0.5) is 17.5 Å². The van der Waals surface area contributed by atoms with Gasteiger partial charge in [0, 0.05) is 31.6 Å². The zero-order valence-corrected chi connectivity index (χ0v) is 15.8. The van der Waals surface area contributed by atoms with Gasteiger partial charge >= 0.3 is 5.97 Å². The number of esters is 1. The van der Waals surface area contributed by atoms with Gasteiger partial charge in [-0.3, -0.25) is 0 Å². The van der Waals surface area contributed by atoms with Crippen LogP contribution in [-0.2, 0) is 14.2 Å². The number of nitrogens with zero attached hydrogens (tertiary/aromatic N) is 4. The second kappa shape index (κ2) is 8.07. The molecule has 9 nitrogen and oxygen atoms in total. The van der Waals surface area contributed by atoms with E-state index in [1.165, 1.54) is 0 Å². The van der Waals surface area contributed by atoms with Gasteiger partial charge in [-0.1, -0.05) is 0 Å². The first kappa shape index (κ1) is 18.6. The molecule has 1 N–H and O–H groups in total. The van der Waals surface area contributed by atoms with Gasteiger partial charge in [-0.25, -0.2) is 4.79 Å². The molecule has 0 amide bonds. The molecule has 2 aromatic rings. The molecular weight excluding hydrogens is 362 g/mol. The highest BCUT2D eigenvalue weighted by atomic mass is 16.7. The number of nitrogens with one attached hydrogen (secondary N) is 1. The number of benzene rings is 1. The molecule has 0 saturated carbocycles. The summed E-state index contributed by atoms with van der Waals surface area (Å²) in [7, 11) is 0. The third-order valence-electron chi connectivity index (χ3n) is 4.84. The van der Waals surface area contributed by atoms with E-state index in [1.54, 1.807) is 37.4 Å². The summed E-state index contributed by atoms with van der Waals surface area (Å²) in [5, 5.41) is 11.4. The summed E-state index contributed by atoms with van der Waals surface area (Å²) in [6, 6.07) is 7.02. The van der Waals surface area contributed by atoms with Crippen LogP contribution in [0.3, 0.4) is 0 Å². The van der Waals surface area contributed by atoms with E-state index >= 15 is 0 Å². The standard InChI is InChI=1S/C19H23N5O4/c1-2-26-17(25)14-3-5-15(6-4-14)21-16-13-20-23-18(22-16)24-9-7-19(8-10-24)27-11-12-28-19/h3-6,13H,2,7-12H2,1H3,(H,21,22,23). The molecule has 1 spiro atoms. The number of rotatable bonds is 5. The van der Waals surface area contributed by atoms with Gasteiger partial charge < -0.3 is 24.4 Å². The fraction of sp³-hybridized carbons (Fsp3) is 0.474. The molecule has 28 heavy (non-hydrogen) atoms. The van der Waals surface area contributed by atoms with Gasteiger partial charge in [-0.15, -0.1) is 5.10 Å². The van der Waals surface area contributed by atoms with Crippen molar-refractivity contribution in [1.29, 1.82) is 0 Å². The molecule has 1 aromatic heterocycles. The minimum absolute atomic E-state index is 0.335. The number of hydrogen-bond donors (Lipinski definition) is 1. The molecule has 2 saturated heterocycles. The van der Waals surface area contributed by atoms with Gasteiger partial charge in [0.25, 0.3) is 0 Å². The average Bonchev–Trinajstić information content (AvgIpc) is 3.17. The minimum atomic E-state index is -0.430. The third kappa shape index (κ3) is 4.05. The van der Waals surface area contributed by atoms with E-state index < -0.39 is 5.79 Å². The third-order valence-corrected chi connectivity index (χ3v) is 4.84. The van der Waals surface area contributed by atoms with Crippen molar-refractivity contribution in [3.8, 4) is 0 Å². The van der Waals surface area contributed by atoms with Crippen molar-refractivity contribution in [3.63, 3.8) is 0 Å². The van der Waals surface area contributed by atoms with E-state index in [9.17, 15) is 4.79 Å². The summed E-state index contributed by atoms with van der Waals surface area (Å²) in [5.41, 5.74) is 1.30. The lowest BCUT2D eigenvalue weighted by molar-refractivity contribution is -0.169. The maximum absolute atomic E-state index is 11.7. The second-order valence-electron chi connectivity index (χ2n) is 6.66. The van der Waals surface area contributed by atoms with E-state index in [2.05, 4.69) is 25.4 Å². The summed E-state index contributed by atoms with van der Waals surface area (Å²) < 4.78 is 16.5. The fourth-order valence-corrected chi connectivity index (χ4v) is 3.37. The smallest absolute Gasteiger partial charge is 0.338 e. The normalized spacial score (nSPS) is 18.2. The number of anilines is 3. The Morgan fingerprint density at radius 3 is 2.61 bits per heavy atom. The van der Waals surface area contributed by atoms with E-state index in [-0.39, 0.29) is 5.97 Å². The summed E-state index contributed by atoms with van der Waals surface area (Å²) in [5.74, 6) is 0.391. The van der Waals surface area contributed by atoms with Crippen molar-refractivity contribution in [2.45, 2.75) is 25.6 Å². The largest absolute Gasteiger partial charge is 0.462 e. The molecule has 0 atom stereocenters. The number of carbonyl (C=O) groups excluding carboxylic acids is 1. The number of ether oxygens (including phenoxy) is 3. The molecule has 0 radical (unpaired) electrons. The van der Waals surface area contributed by atoms with E-state index in [0.717, 1.165) is 31.6 Å². The maximum Gasteiger partial charge on any atom is 0.338 e. The fourth-order valence-electron chi connectivity index (χ4n) is 3.37. The van der Waals surface area contributed by atoms with Gasteiger partial charge in [-0.2, -0.15) is 10.1 Å². The van der Waals surface area contributed by atoms with Crippen LogP contribution < -0.4 is 10.2 Å². The molecule has 4 rings (SSSR count). The maximum atomic E-state index is 11.7. The Kier molecular flexibility index (Phi) is 5.36. The van der Waals surface area contributed by atoms with E-state index in [0.29, 0.717) is 37.2 Å². The van der Waals surface area contributed by atoms with Crippen molar-refractivity contribution < 1.29 is 19.0 Å². The highest BCUT2D eigenvalue weighted by molar-refractivity contribution is 5.89. The van der Waals surface area contributed by atoms with Crippen molar-refractivity contribution in [2.24, 2.45) is 0 Å². The van der Waals surface area contributed by atoms with Gasteiger partial charge in [-0.05, 0) is 31.2 Å². The number of hydrogen-bond acceptors (Lipinski definition) is 9. The topological polar surface area (TPSA) is 98.7 Å². The summed E-state index contributed by atoms with van der Waals surface area (Å²) in [6.45, 7) is 4.95. The van der Waals surface area contributed by atoms with Crippen LogP contribution >= 0.6 is 0 Å². The van der Waals surface area contributed by atoms with Gasteiger partial charge in [0.05, 0.1) is 31.6 Å². The Morgan fingerprint density at radius 1 is 1.21 bits per heavy atom. The number of aromatic nitrogens is 3. The molecular formula is C19H23N5O4. The van der Waals surface area contributed by atoms with Crippen molar-refractivity contribution >= 4 is 23.4 Å². The molecule has 1 aromatic carbocycles. The predicted molar refractivity (Wildman–Crippen MR) is 102 cm³/mol. The van der Waals surface area contributed by atoms with Crippen LogP contribution in [-0.4, -0.2) is 59.8 Å². The van der Waals surface area contributed by atoms with Crippen LogP contribution in [0.25, 0.3) is 0 Å². The molecule has 0 aliphatic carbocycles. The van der Waals surface area contributed by atoms with Crippen molar-refractivity contribution in [1.82, 2.24) is 15.2 Å². The lowest BCUT2D eigenvalue weighted by Crippen LogP contribution is -2.45. The van der Waals surface area contributed by atoms with Gasteiger partial charge in [0.15, 0.2) is 11.6 Å². The Balaban J connectivity index is 1.39. The molecule has 0 unspecified atom stereocenters. The molecule has 148 valence electrons. The first-order chi connectivity index (χ1) is 13.7. The minimum Gasteiger partial charge on any atom is -0.462 e. The molecule has 2 aliphatic heterocycles. The zero-order chi connectivity index (χ0) is 19.4. The summed E-state index contributed by atoms with van der Waals surface area (Å²) in [4.78, 5) is 18.4. The SMILES string of the molecule is CCOC(=O)c1ccc(Nc2cnnc(N3CCC4(CC3)OCCO4)n2)cc1. The first-order valence-electron chi connectivity index (χ1n) is 9.44. The Labute approximate surface area is 163 Å². The highest BCUT2D eigenvalue weighted by Gasteiger charge is 2.40. The lowest BCUT2D eigenvalue weighted by atomic mass is 10.0. The summed E-state index contributed by atoms with van der Waals surface area (Å²) in [6.07, 6.45) is 3.13. The van der Waals surface area contributed by atoms with Crippen LogP contribution in [0.1, 0.15) is 30.1 Å². The van der Waals surface area contributed by atoms with Crippen LogP contribution in [0, 0.1) is 0 Å². The second-order valence-corrected chi connectivity index (χ2v) is 6.66. The van der Waals surface area contributed by atoms with Gasteiger partial charge in [0.1, 0.15) is 0 Å². The Morgan fingerprint density at radius 2 is 1.93 bits per heavy atom. The van der Waals surface area contributed by atoms with Crippen molar-refractivity contribution in [3.05, 3.63) is 36.0 Å². The monoisotopic (exact) mass is 385 g/mol. The quantitative estimate of drug-likeness (QED) is 0.776. The molecule has 0 bridgehead atoms. The van der Waals surface area contributed by atoms with Crippen LogP contribution in [0.5, 0.6) is 0 Å². The van der Waals surface area contributed by atoms with Gasteiger partial charge in [0.2, 0.25) is 5.95 Å². The number of piperidine rings is 1. The molecule has 9 heteroatoms. The van der Waals surface area contributed by atoms with Crippen LogP contribution in [0.2, 0.25) is 0 Å². The van der Waals surface area contributed by atoms with Crippen molar-refractivity contribution in [2.75, 3.05) is 43.1 Å². The Hall–Kier alpha value is -2.78. The predicted octanol–water partition coefficient (Wildman–Crippen LogP) is 2.14. The average molecular weight is 385 g/mol. The number of carbonyl (C=O) groups is 1. The highest BCUT2D eigenvalue weighted by Crippen LogP contribution is 2.32. The summed E-state index contributed by atoms with van der Waals surface area (Å²) >= 11 is 0. The Bertz CT molecular complexity index is 813. The molecule has 2 aliphatic rings. The molecule has 3 heterocycles. The van der Waals surface area contributed by atoms with Crippen LogP contribution in [0.15, 0.2) is 30.5 Å². The first-order valence-corrected chi connectivity index (χ1v) is 9.44. The lowest BCUT2D eigenvalue weighted by Gasteiger charge is -2.37. The zero-order valence-electron chi connectivity index (χ0n) is 15.8. The van der Waals surface area contributed by atoms with E-state index in [1.807, 2.05) is 0 Å². The molecule has 2 fully saturated rings.